The lowest BCUT2D eigenvalue weighted by atomic mass is 10.1. The molecule has 1 atom stereocenters. The van der Waals surface area contributed by atoms with Gasteiger partial charge in [0.15, 0.2) is 0 Å². The van der Waals surface area contributed by atoms with E-state index in [1.165, 1.54) is 0 Å². The van der Waals surface area contributed by atoms with Crippen LogP contribution in [0.1, 0.15) is 39.3 Å². The van der Waals surface area contributed by atoms with E-state index in [1.807, 2.05) is 60.7 Å². The fourth-order valence-electron chi connectivity index (χ4n) is 4.93. The summed E-state index contributed by atoms with van der Waals surface area (Å²) >= 11 is 0. The summed E-state index contributed by atoms with van der Waals surface area (Å²) in [5.74, 6) is -1.20. The van der Waals surface area contributed by atoms with Crippen molar-refractivity contribution in [3.05, 3.63) is 137 Å². The number of rotatable bonds is 14. The predicted molar refractivity (Wildman–Crippen MR) is 175 cm³/mol. The van der Waals surface area contributed by atoms with Crippen LogP contribution in [0.5, 0.6) is 0 Å². The number of alkyl carbamates (subject to hydrolysis) is 1. The highest BCUT2D eigenvalue weighted by atomic mass is 16.5. The third kappa shape index (κ3) is 9.51. The van der Waals surface area contributed by atoms with E-state index in [0.717, 1.165) is 27.7 Å². The Bertz CT molecular complexity index is 1780. The quantitative estimate of drug-likeness (QED) is 0.137. The van der Waals surface area contributed by atoms with Gasteiger partial charge in [0.05, 0.1) is 17.6 Å². The number of nitrogens with one attached hydrogen (secondary N) is 3. The molecule has 1 heterocycles. The highest BCUT2D eigenvalue weighted by Crippen LogP contribution is 2.16. The number of carboxylic acid groups (broad SMARTS) is 1. The van der Waals surface area contributed by atoms with Crippen LogP contribution >= 0.6 is 0 Å². The lowest BCUT2D eigenvalue weighted by Crippen LogP contribution is -2.48. The molecule has 1 aromatic heterocycles. The second-order valence-electron chi connectivity index (χ2n) is 10.9. The summed E-state index contributed by atoms with van der Waals surface area (Å²) in [5, 5.41) is 14.4. The van der Waals surface area contributed by atoms with Crippen LogP contribution in [0.4, 0.5) is 4.79 Å². The van der Waals surface area contributed by atoms with Gasteiger partial charge in [0.25, 0.3) is 5.91 Å². The summed E-state index contributed by atoms with van der Waals surface area (Å²) in [6.07, 6.45) is 0.0146. The molecular formula is C36H35N5O6. The van der Waals surface area contributed by atoms with Crippen LogP contribution in [0.2, 0.25) is 0 Å². The van der Waals surface area contributed by atoms with E-state index in [1.54, 1.807) is 53.4 Å². The molecular weight excluding hydrogens is 598 g/mol. The Morgan fingerprint density at radius 3 is 2.13 bits per heavy atom. The molecule has 11 nitrogen and oxygen atoms in total. The molecule has 5 rings (SSSR count). The van der Waals surface area contributed by atoms with Crippen LogP contribution in [-0.4, -0.2) is 56.4 Å². The monoisotopic (exact) mass is 633 g/mol. The molecule has 240 valence electrons. The number of aliphatic carboxylic acids is 1. The van der Waals surface area contributed by atoms with E-state index in [4.69, 9.17) is 4.74 Å². The zero-order chi connectivity index (χ0) is 33.0. The lowest BCUT2D eigenvalue weighted by Gasteiger charge is -2.22. The van der Waals surface area contributed by atoms with E-state index in [9.17, 15) is 24.3 Å². The third-order valence-electron chi connectivity index (χ3n) is 7.46. The molecule has 0 radical (unpaired) electrons. The van der Waals surface area contributed by atoms with Crippen molar-refractivity contribution in [3.8, 4) is 0 Å². The Morgan fingerprint density at radius 2 is 1.45 bits per heavy atom. The maximum atomic E-state index is 13.4. The van der Waals surface area contributed by atoms with E-state index in [2.05, 4.69) is 20.6 Å². The van der Waals surface area contributed by atoms with Gasteiger partial charge in [-0.2, -0.15) is 0 Å². The Hall–Kier alpha value is -5.97. The SMILES string of the molecule is O=C(N[C@@H](CNC(=O)c1ccc(CN(Cc2nc3ccccc3[nH]2)C(=O)CCc2ccccc2)cc1)C(=O)O)OCc1ccccc1. The molecule has 47 heavy (non-hydrogen) atoms. The number of amides is 3. The zero-order valence-corrected chi connectivity index (χ0v) is 25.6. The molecule has 3 amide bonds. The number of hydrogen-bond acceptors (Lipinski definition) is 6. The first-order chi connectivity index (χ1) is 22.8. The Kier molecular flexibility index (Phi) is 10.9. The molecule has 4 N–H and O–H groups in total. The number of carboxylic acids is 1. The molecule has 0 aliphatic rings. The van der Waals surface area contributed by atoms with Gasteiger partial charge in [0, 0.05) is 25.1 Å². The number of benzene rings is 4. The van der Waals surface area contributed by atoms with Gasteiger partial charge in [-0.25, -0.2) is 14.6 Å². The number of carbonyl (C=O) groups is 4. The summed E-state index contributed by atoms with van der Waals surface area (Å²) in [5.41, 5.74) is 4.63. The summed E-state index contributed by atoms with van der Waals surface area (Å²) in [7, 11) is 0. The smallest absolute Gasteiger partial charge is 0.408 e. The maximum absolute atomic E-state index is 13.4. The van der Waals surface area contributed by atoms with Crippen LogP contribution in [0.15, 0.2) is 109 Å². The highest BCUT2D eigenvalue weighted by molar-refractivity contribution is 5.94. The van der Waals surface area contributed by atoms with Gasteiger partial charge in [0.1, 0.15) is 18.5 Å². The molecule has 0 aliphatic carbocycles. The Morgan fingerprint density at radius 1 is 0.787 bits per heavy atom. The van der Waals surface area contributed by atoms with Gasteiger partial charge in [-0.3, -0.25) is 9.59 Å². The van der Waals surface area contributed by atoms with Crippen LogP contribution in [-0.2, 0) is 40.4 Å². The van der Waals surface area contributed by atoms with Crippen molar-refractivity contribution in [2.45, 2.75) is 38.6 Å². The number of aromatic nitrogens is 2. The van der Waals surface area contributed by atoms with Gasteiger partial charge >= 0.3 is 12.1 Å². The van der Waals surface area contributed by atoms with Crippen LogP contribution in [0.25, 0.3) is 11.0 Å². The largest absolute Gasteiger partial charge is 0.480 e. The van der Waals surface area contributed by atoms with Gasteiger partial charge < -0.3 is 30.4 Å². The van der Waals surface area contributed by atoms with Crippen molar-refractivity contribution in [3.63, 3.8) is 0 Å². The van der Waals surface area contributed by atoms with Crippen molar-refractivity contribution in [1.29, 1.82) is 0 Å². The molecule has 0 fully saturated rings. The van der Waals surface area contributed by atoms with Crippen LogP contribution in [0, 0.1) is 0 Å². The van der Waals surface area contributed by atoms with Crippen molar-refractivity contribution in [2.24, 2.45) is 0 Å². The average Bonchev–Trinajstić information content (AvgIpc) is 3.51. The van der Waals surface area contributed by atoms with Crippen molar-refractivity contribution >= 4 is 34.9 Å². The standard InChI is InChI=1S/C36H35N5O6/c42-33(20-17-25-9-3-1-4-10-25)41(23-32-38-29-13-7-8-14-30(29)39-32)22-26-15-18-28(19-16-26)34(43)37-21-31(35(44)45)40-36(46)47-24-27-11-5-2-6-12-27/h1-16,18-19,31H,17,20-24H2,(H,37,43)(H,38,39)(H,40,46)(H,44,45)/t31-/m0/s1. The molecule has 5 aromatic rings. The number of H-pyrrole nitrogens is 1. The van der Waals surface area contributed by atoms with E-state index in [0.29, 0.717) is 30.8 Å². The van der Waals surface area contributed by atoms with E-state index < -0.39 is 24.0 Å². The van der Waals surface area contributed by atoms with Crippen molar-refractivity contribution in [1.82, 2.24) is 25.5 Å². The second-order valence-corrected chi connectivity index (χ2v) is 10.9. The minimum Gasteiger partial charge on any atom is -0.480 e. The average molecular weight is 634 g/mol. The molecule has 4 aromatic carbocycles. The number of carbonyl (C=O) groups excluding carboxylic acids is 3. The van der Waals surface area contributed by atoms with Gasteiger partial charge in [-0.1, -0.05) is 84.9 Å². The summed E-state index contributed by atoms with van der Waals surface area (Å²) in [6, 6.07) is 31.8. The van der Waals surface area contributed by atoms with Crippen molar-refractivity contribution < 1.29 is 29.0 Å². The molecule has 0 unspecified atom stereocenters. The third-order valence-corrected chi connectivity index (χ3v) is 7.46. The van der Waals surface area contributed by atoms with Crippen molar-refractivity contribution in [2.75, 3.05) is 6.54 Å². The summed E-state index contributed by atoms with van der Waals surface area (Å²) in [4.78, 5) is 59.8. The first kappa shape index (κ1) is 32.4. The maximum Gasteiger partial charge on any atom is 0.408 e. The van der Waals surface area contributed by atoms with E-state index >= 15 is 0 Å². The van der Waals surface area contributed by atoms with Gasteiger partial charge in [-0.15, -0.1) is 0 Å². The second kappa shape index (κ2) is 15.8. The number of fused-ring (bicyclic) bond motifs is 1. The molecule has 0 bridgehead atoms. The first-order valence-electron chi connectivity index (χ1n) is 15.2. The number of nitrogens with zero attached hydrogens (tertiary/aromatic N) is 2. The fourth-order valence-corrected chi connectivity index (χ4v) is 4.93. The zero-order valence-electron chi connectivity index (χ0n) is 25.6. The van der Waals surface area contributed by atoms with Crippen LogP contribution < -0.4 is 10.6 Å². The molecule has 11 heteroatoms. The molecule has 0 spiro atoms. The molecule has 0 aliphatic heterocycles. The topological polar surface area (TPSA) is 154 Å². The minimum atomic E-state index is -1.39. The number of imidazole rings is 1. The van der Waals surface area contributed by atoms with E-state index in [-0.39, 0.29) is 25.6 Å². The van der Waals surface area contributed by atoms with Crippen LogP contribution in [0.3, 0.4) is 0 Å². The highest BCUT2D eigenvalue weighted by Gasteiger charge is 2.22. The predicted octanol–water partition coefficient (Wildman–Crippen LogP) is 4.83. The number of aromatic amines is 1. The van der Waals surface area contributed by atoms with Gasteiger partial charge in [-0.05, 0) is 47.4 Å². The first-order valence-corrected chi connectivity index (χ1v) is 15.2. The summed E-state index contributed by atoms with van der Waals surface area (Å²) < 4.78 is 5.09. The Balaban J connectivity index is 1.18. The minimum absolute atomic E-state index is 0.0218. The summed E-state index contributed by atoms with van der Waals surface area (Å²) in [6.45, 7) is 0.203. The fraction of sp³-hybridized carbons (Fsp3) is 0.194. The number of ether oxygens (including phenoxy) is 1. The van der Waals surface area contributed by atoms with Gasteiger partial charge in [0.2, 0.25) is 5.91 Å². The number of hydrogen-bond donors (Lipinski definition) is 4. The Labute approximate surface area is 271 Å². The number of aryl methyl sites for hydroxylation is 1. The lowest BCUT2D eigenvalue weighted by molar-refractivity contribution is -0.139. The normalized spacial score (nSPS) is 11.4. The molecule has 0 saturated heterocycles. The number of para-hydroxylation sites is 2. The molecule has 0 saturated carbocycles.